The monoisotopic (exact) mass is 716 g/mol. The summed E-state index contributed by atoms with van der Waals surface area (Å²) in [6.45, 7) is 5.73. The van der Waals surface area contributed by atoms with Crippen LogP contribution in [-0.4, -0.2) is 52.8 Å². The van der Waals surface area contributed by atoms with Crippen LogP contribution in [-0.2, 0) is 15.8 Å². The van der Waals surface area contributed by atoms with Crippen molar-refractivity contribution in [3.05, 3.63) is 130 Å². The van der Waals surface area contributed by atoms with Gasteiger partial charge in [0.15, 0.2) is 6.17 Å². The molecule has 262 valence electrons. The van der Waals surface area contributed by atoms with Crippen molar-refractivity contribution < 1.29 is 37.3 Å². The minimum Gasteiger partial charge on any atom is -0.489 e. The minimum atomic E-state index is -2.11. The third kappa shape index (κ3) is 6.60. The lowest BCUT2D eigenvalue weighted by Gasteiger charge is -2.30. The van der Waals surface area contributed by atoms with Crippen LogP contribution in [0.2, 0.25) is 5.02 Å². The van der Waals surface area contributed by atoms with E-state index < -0.39 is 52.2 Å². The number of amides is 2. The number of aryl methyl sites for hydroxylation is 1. The molecule has 0 saturated carbocycles. The standard InChI is InChI=1S/C38H32ClF3N4O5/c1-4-24(40)17-50-30-12-22(11-21-10-20(2)16-44-32(21)30)35(47)45-18-38(49,23-8-6-5-7-9-23)31-14-26-34(51-19-37(26,3)36(43)48)33(46-31)25-13-27(39)29(42)15-28(25)41/h4-16,24,49H,1,17-19H2,2-3H3,(H2,43,48)(H,45,47)/t24?,37-,38+/m0/s1. The van der Waals surface area contributed by atoms with E-state index in [1.807, 2.05) is 6.92 Å². The lowest BCUT2D eigenvalue weighted by atomic mass is 9.80. The first-order chi connectivity index (χ1) is 24.2. The van der Waals surface area contributed by atoms with Crippen LogP contribution >= 0.6 is 11.6 Å². The van der Waals surface area contributed by atoms with Gasteiger partial charge in [-0.3, -0.25) is 14.6 Å². The van der Waals surface area contributed by atoms with Crippen LogP contribution in [0.5, 0.6) is 11.5 Å². The molecule has 4 N–H and O–H groups in total. The van der Waals surface area contributed by atoms with Gasteiger partial charge in [-0.25, -0.2) is 18.2 Å². The zero-order chi connectivity index (χ0) is 36.7. The van der Waals surface area contributed by atoms with E-state index in [9.17, 15) is 23.5 Å². The molecule has 2 aromatic heterocycles. The molecule has 13 heteroatoms. The quantitative estimate of drug-likeness (QED) is 0.109. The van der Waals surface area contributed by atoms with E-state index in [2.05, 4.69) is 21.9 Å². The fraction of sp³-hybridized carbons (Fsp3) is 0.211. The molecular formula is C38H32ClF3N4O5. The molecule has 0 spiro atoms. The highest BCUT2D eigenvalue weighted by atomic mass is 35.5. The second kappa shape index (κ2) is 13.7. The van der Waals surface area contributed by atoms with Gasteiger partial charge in [-0.1, -0.05) is 48.0 Å². The topological polar surface area (TPSA) is 137 Å². The second-order valence-corrected chi connectivity index (χ2v) is 12.9. The predicted octanol–water partition coefficient (Wildman–Crippen LogP) is 6.24. The van der Waals surface area contributed by atoms with Crippen LogP contribution in [0.1, 0.15) is 39.7 Å². The number of primary amides is 1. The van der Waals surface area contributed by atoms with Crippen molar-refractivity contribution in [1.82, 2.24) is 15.3 Å². The number of aromatic nitrogens is 2. The van der Waals surface area contributed by atoms with Crippen molar-refractivity contribution in [1.29, 1.82) is 0 Å². The molecule has 3 atom stereocenters. The van der Waals surface area contributed by atoms with Crippen molar-refractivity contribution in [2.45, 2.75) is 31.0 Å². The number of carbonyl (C=O) groups is 2. The molecule has 5 aromatic rings. The van der Waals surface area contributed by atoms with Gasteiger partial charge >= 0.3 is 0 Å². The number of hydrogen-bond acceptors (Lipinski definition) is 7. The number of alkyl halides is 1. The van der Waals surface area contributed by atoms with Crippen molar-refractivity contribution in [2.75, 3.05) is 19.8 Å². The molecule has 0 saturated heterocycles. The number of carbonyl (C=O) groups excluding carboxylic acids is 2. The first-order valence-corrected chi connectivity index (χ1v) is 16.1. The van der Waals surface area contributed by atoms with E-state index in [1.165, 1.54) is 19.1 Å². The Kier molecular flexibility index (Phi) is 9.49. The Hall–Kier alpha value is -5.46. The lowest BCUT2D eigenvalue weighted by molar-refractivity contribution is -0.123. The Bertz CT molecular complexity index is 2200. The summed E-state index contributed by atoms with van der Waals surface area (Å²) in [6.07, 6.45) is 1.25. The zero-order valence-electron chi connectivity index (χ0n) is 27.5. The highest BCUT2D eigenvalue weighted by Gasteiger charge is 2.46. The van der Waals surface area contributed by atoms with Crippen molar-refractivity contribution in [3.63, 3.8) is 0 Å². The highest BCUT2D eigenvalue weighted by molar-refractivity contribution is 6.31. The maximum atomic E-state index is 15.4. The number of rotatable bonds is 11. The number of pyridine rings is 2. The summed E-state index contributed by atoms with van der Waals surface area (Å²) in [5, 5.41) is 15.5. The average molecular weight is 717 g/mol. The number of ether oxygens (including phenoxy) is 2. The number of nitrogens with zero attached hydrogens (tertiary/aromatic N) is 2. The van der Waals surface area contributed by atoms with E-state index in [0.717, 1.165) is 17.7 Å². The van der Waals surface area contributed by atoms with E-state index in [0.29, 0.717) is 17.0 Å². The molecule has 51 heavy (non-hydrogen) atoms. The first-order valence-electron chi connectivity index (χ1n) is 15.7. The number of halogens is 4. The van der Waals surface area contributed by atoms with E-state index >= 15 is 4.39 Å². The van der Waals surface area contributed by atoms with Gasteiger partial charge in [-0.2, -0.15) is 0 Å². The van der Waals surface area contributed by atoms with Gasteiger partial charge < -0.3 is 25.6 Å². The largest absolute Gasteiger partial charge is 0.489 e. The van der Waals surface area contributed by atoms with Gasteiger partial charge in [-0.15, -0.1) is 6.58 Å². The van der Waals surface area contributed by atoms with Gasteiger partial charge in [-0.05, 0) is 55.3 Å². The number of fused-ring (bicyclic) bond motifs is 2. The molecule has 6 rings (SSSR count). The molecule has 3 heterocycles. The van der Waals surface area contributed by atoms with E-state index in [4.69, 9.17) is 26.8 Å². The summed E-state index contributed by atoms with van der Waals surface area (Å²) < 4.78 is 55.2. The maximum absolute atomic E-state index is 15.4. The van der Waals surface area contributed by atoms with Gasteiger partial charge in [0.25, 0.3) is 5.91 Å². The third-order valence-corrected chi connectivity index (χ3v) is 9.15. The Morgan fingerprint density at radius 3 is 2.63 bits per heavy atom. The molecule has 3 aromatic carbocycles. The zero-order valence-corrected chi connectivity index (χ0v) is 28.2. The summed E-state index contributed by atoms with van der Waals surface area (Å²) in [4.78, 5) is 35.6. The molecule has 0 radical (unpaired) electrons. The van der Waals surface area contributed by atoms with Crippen LogP contribution in [0.25, 0.3) is 22.2 Å². The molecule has 1 aliphatic heterocycles. The van der Waals surface area contributed by atoms with Crippen LogP contribution in [0.4, 0.5) is 13.2 Å². The molecule has 1 unspecified atom stereocenters. The normalized spacial score (nSPS) is 16.8. The third-order valence-electron chi connectivity index (χ3n) is 8.86. The van der Waals surface area contributed by atoms with Crippen molar-refractivity contribution >= 4 is 34.3 Å². The summed E-state index contributed by atoms with van der Waals surface area (Å²) in [7, 11) is 0. The number of nitrogens with two attached hydrogens (primary N) is 1. The first kappa shape index (κ1) is 35.4. The SMILES string of the molecule is C=CC(F)COc1cc(C(=O)NC[C@@](O)(c2ccccc2)c2cc3c(c(-c4cc(Cl)c(F)cc4F)n2)OC[C@]3(C)C(N)=O)cc2cc(C)cnc12. The number of benzene rings is 3. The van der Waals surface area contributed by atoms with Gasteiger partial charge in [0.1, 0.15) is 58.6 Å². The van der Waals surface area contributed by atoms with Crippen molar-refractivity contribution in [2.24, 2.45) is 5.73 Å². The Morgan fingerprint density at radius 1 is 1.18 bits per heavy atom. The summed E-state index contributed by atoms with van der Waals surface area (Å²) in [6, 6.07) is 16.1. The number of aliphatic hydroxyl groups is 1. The molecule has 0 bridgehead atoms. The van der Waals surface area contributed by atoms with Crippen LogP contribution in [0.15, 0.2) is 85.6 Å². The van der Waals surface area contributed by atoms with Crippen LogP contribution in [0, 0.1) is 18.6 Å². The molecule has 0 fully saturated rings. The number of hydrogen-bond donors (Lipinski definition) is 3. The van der Waals surface area contributed by atoms with E-state index in [-0.39, 0.29) is 58.4 Å². The molecule has 2 amide bonds. The summed E-state index contributed by atoms with van der Waals surface area (Å²) >= 11 is 6.04. The Balaban J connectivity index is 1.46. The fourth-order valence-electron chi connectivity index (χ4n) is 5.86. The average Bonchev–Trinajstić information content (AvgIpc) is 3.48. The van der Waals surface area contributed by atoms with Crippen LogP contribution in [0.3, 0.4) is 0 Å². The summed E-state index contributed by atoms with van der Waals surface area (Å²) in [5.41, 5.74) is 3.55. The van der Waals surface area contributed by atoms with Gasteiger partial charge in [0.2, 0.25) is 5.91 Å². The summed E-state index contributed by atoms with van der Waals surface area (Å²) in [5.74, 6) is -3.26. The minimum absolute atomic E-state index is 0.000593. The molecular weight excluding hydrogens is 685 g/mol. The lowest BCUT2D eigenvalue weighted by Crippen LogP contribution is -2.43. The number of nitrogens with one attached hydrogen (secondary N) is 1. The smallest absolute Gasteiger partial charge is 0.251 e. The molecule has 1 aliphatic rings. The fourth-order valence-corrected chi connectivity index (χ4v) is 6.02. The molecule has 9 nitrogen and oxygen atoms in total. The highest BCUT2D eigenvalue weighted by Crippen LogP contribution is 2.47. The Morgan fingerprint density at radius 2 is 1.92 bits per heavy atom. The van der Waals surface area contributed by atoms with Gasteiger partial charge in [0, 0.05) is 34.3 Å². The molecule has 0 aliphatic carbocycles. The van der Waals surface area contributed by atoms with Gasteiger partial charge in [0.05, 0.1) is 17.3 Å². The Labute approximate surface area is 295 Å². The van der Waals surface area contributed by atoms with E-state index in [1.54, 1.807) is 48.7 Å². The predicted molar refractivity (Wildman–Crippen MR) is 185 cm³/mol. The van der Waals surface area contributed by atoms with Crippen LogP contribution < -0.4 is 20.5 Å². The maximum Gasteiger partial charge on any atom is 0.251 e. The van der Waals surface area contributed by atoms with Crippen molar-refractivity contribution in [3.8, 4) is 22.8 Å². The second-order valence-electron chi connectivity index (χ2n) is 12.5.